The van der Waals surface area contributed by atoms with Crippen LogP contribution in [0.1, 0.15) is 37.4 Å². The van der Waals surface area contributed by atoms with Crippen LogP contribution in [-0.2, 0) is 11.2 Å². The lowest BCUT2D eigenvalue weighted by Gasteiger charge is -2.16. The maximum absolute atomic E-state index is 13.7. The van der Waals surface area contributed by atoms with Crippen LogP contribution < -0.4 is 5.32 Å². The number of amides is 1. The molecule has 0 saturated carbocycles. The predicted molar refractivity (Wildman–Crippen MR) is 101 cm³/mol. The average Bonchev–Trinajstić information content (AvgIpc) is 3.08. The monoisotopic (exact) mass is 369 g/mol. The first kappa shape index (κ1) is 18.8. The number of hydrogen-bond acceptors (Lipinski definition) is 2. The third-order valence-electron chi connectivity index (χ3n) is 4.56. The smallest absolute Gasteiger partial charge is 0.232 e. The molecule has 140 valence electrons. The van der Waals surface area contributed by atoms with Crippen LogP contribution in [0, 0.1) is 11.6 Å². The van der Waals surface area contributed by atoms with E-state index in [1.54, 1.807) is 0 Å². The molecule has 0 aliphatic heterocycles. The highest BCUT2D eigenvalue weighted by molar-refractivity contribution is 5.99. The van der Waals surface area contributed by atoms with Gasteiger partial charge in [0.05, 0.1) is 17.3 Å². The van der Waals surface area contributed by atoms with E-state index >= 15 is 0 Å². The fourth-order valence-corrected chi connectivity index (χ4v) is 3.09. The van der Waals surface area contributed by atoms with Crippen molar-refractivity contribution in [1.82, 2.24) is 10.2 Å². The largest absolute Gasteiger partial charge is 0.322 e. The minimum Gasteiger partial charge on any atom is -0.322 e. The Morgan fingerprint density at radius 2 is 1.85 bits per heavy atom. The van der Waals surface area contributed by atoms with E-state index in [1.807, 2.05) is 44.2 Å². The summed E-state index contributed by atoms with van der Waals surface area (Å²) in [6, 6.07) is 13.1. The number of benzene rings is 2. The summed E-state index contributed by atoms with van der Waals surface area (Å²) in [5, 5.41) is 10.0. The summed E-state index contributed by atoms with van der Waals surface area (Å²) in [7, 11) is 0. The Morgan fingerprint density at radius 3 is 2.48 bits per heavy atom. The molecule has 1 unspecified atom stereocenters. The summed E-state index contributed by atoms with van der Waals surface area (Å²) in [6.07, 6.45) is 1.24. The Morgan fingerprint density at radius 1 is 1.11 bits per heavy atom. The second-order valence-electron chi connectivity index (χ2n) is 6.27. The zero-order chi connectivity index (χ0) is 19.4. The molecule has 27 heavy (non-hydrogen) atoms. The topological polar surface area (TPSA) is 57.8 Å². The van der Waals surface area contributed by atoms with E-state index in [4.69, 9.17) is 0 Å². The Labute approximate surface area is 156 Å². The molecule has 0 saturated heterocycles. The van der Waals surface area contributed by atoms with Crippen LogP contribution in [0.5, 0.6) is 0 Å². The Kier molecular flexibility index (Phi) is 5.64. The second-order valence-corrected chi connectivity index (χ2v) is 6.27. The second kappa shape index (κ2) is 8.12. The number of H-pyrrole nitrogens is 1. The molecule has 6 heteroatoms. The Hall–Kier alpha value is -3.02. The van der Waals surface area contributed by atoms with Crippen molar-refractivity contribution in [1.29, 1.82) is 0 Å². The van der Waals surface area contributed by atoms with Crippen molar-refractivity contribution in [3.8, 4) is 11.3 Å². The van der Waals surface area contributed by atoms with Crippen LogP contribution in [0.4, 0.5) is 14.5 Å². The zero-order valence-electron chi connectivity index (χ0n) is 15.2. The molecule has 0 fully saturated rings. The molecule has 1 aromatic heterocycles. The van der Waals surface area contributed by atoms with Gasteiger partial charge in [0, 0.05) is 5.56 Å². The number of rotatable bonds is 6. The highest BCUT2D eigenvalue weighted by Crippen LogP contribution is 2.31. The molecule has 3 aromatic rings. The van der Waals surface area contributed by atoms with Crippen molar-refractivity contribution in [2.75, 3.05) is 5.32 Å². The first-order valence-corrected chi connectivity index (χ1v) is 8.93. The van der Waals surface area contributed by atoms with E-state index in [2.05, 4.69) is 15.5 Å². The number of carbonyl (C=O) groups excluding carboxylic acids is 1. The van der Waals surface area contributed by atoms with Gasteiger partial charge in [0.2, 0.25) is 5.91 Å². The summed E-state index contributed by atoms with van der Waals surface area (Å²) in [5.41, 5.74) is 2.94. The van der Waals surface area contributed by atoms with Gasteiger partial charge >= 0.3 is 0 Å². The molecule has 2 N–H and O–H groups in total. The molecule has 0 aliphatic carbocycles. The van der Waals surface area contributed by atoms with Crippen LogP contribution in [-0.4, -0.2) is 16.1 Å². The fourth-order valence-electron chi connectivity index (χ4n) is 3.09. The molecule has 0 bridgehead atoms. The standard InChI is InChI=1S/C21H21F2N3O/c1-3-15(13-8-6-5-7-9-13)21(27)24-20-18(4-2)25-26-19(20)14-10-11-16(22)17(23)12-14/h5-12,15H,3-4H2,1-2H3,(H,24,27)(H,25,26). The summed E-state index contributed by atoms with van der Waals surface area (Å²) < 4.78 is 26.9. The minimum atomic E-state index is -0.957. The first-order chi connectivity index (χ1) is 13.0. The first-order valence-electron chi connectivity index (χ1n) is 8.93. The van der Waals surface area contributed by atoms with Crippen LogP contribution in [0.2, 0.25) is 0 Å². The normalized spacial score (nSPS) is 12.0. The van der Waals surface area contributed by atoms with Crippen molar-refractivity contribution in [3.05, 3.63) is 71.4 Å². The molecule has 4 nitrogen and oxygen atoms in total. The molecular formula is C21H21F2N3O. The number of aryl methyl sites for hydroxylation is 1. The summed E-state index contributed by atoms with van der Waals surface area (Å²) in [5.74, 6) is -2.36. The molecule has 3 rings (SSSR count). The van der Waals surface area contributed by atoms with Gasteiger partial charge in [-0.25, -0.2) is 8.78 Å². The van der Waals surface area contributed by atoms with Gasteiger partial charge in [0.25, 0.3) is 0 Å². The number of nitrogens with one attached hydrogen (secondary N) is 2. The lowest BCUT2D eigenvalue weighted by molar-refractivity contribution is -0.117. The third-order valence-corrected chi connectivity index (χ3v) is 4.56. The summed E-state index contributed by atoms with van der Waals surface area (Å²) >= 11 is 0. The van der Waals surface area contributed by atoms with Crippen molar-refractivity contribution in [2.24, 2.45) is 0 Å². The lowest BCUT2D eigenvalue weighted by Crippen LogP contribution is -2.21. The maximum atomic E-state index is 13.7. The number of halogens is 2. The molecule has 0 radical (unpaired) electrons. The summed E-state index contributed by atoms with van der Waals surface area (Å²) in [4.78, 5) is 12.9. The third kappa shape index (κ3) is 3.89. The van der Waals surface area contributed by atoms with Crippen LogP contribution in [0.25, 0.3) is 11.3 Å². The van der Waals surface area contributed by atoms with Gasteiger partial charge in [-0.3, -0.25) is 9.89 Å². The Bertz CT molecular complexity index is 938. The van der Waals surface area contributed by atoms with Crippen molar-refractivity contribution >= 4 is 11.6 Å². The van der Waals surface area contributed by atoms with Gasteiger partial charge in [0.15, 0.2) is 11.6 Å². The van der Waals surface area contributed by atoms with Crippen molar-refractivity contribution < 1.29 is 13.6 Å². The van der Waals surface area contributed by atoms with Crippen LogP contribution >= 0.6 is 0 Å². The number of aromatic amines is 1. The van der Waals surface area contributed by atoms with E-state index in [0.29, 0.717) is 29.8 Å². The average molecular weight is 369 g/mol. The van der Waals surface area contributed by atoms with Gasteiger partial charge in [-0.1, -0.05) is 44.2 Å². The van der Waals surface area contributed by atoms with Gasteiger partial charge in [-0.05, 0) is 36.6 Å². The number of hydrogen-bond donors (Lipinski definition) is 2. The molecule has 2 aromatic carbocycles. The molecule has 0 aliphatic rings. The lowest BCUT2D eigenvalue weighted by atomic mass is 9.95. The minimum absolute atomic E-state index is 0.163. The summed E-state index contributed by atoms with van der Waals surface area (Å²) in [6.45, 7) is 3.87. The maximum Gasteiger partial charge on any atom is 0.232 e. The van der Waals surface area contributed by atoms with Gasteiger partial charge in [-0.2, -0.15) is 5.10 Å². The van der Waals surface area contributed by atoms with E-state index in [9.17, 15) is 13.6 Å². The van der Waals surface area contributed by atoms with E-state index < -0.39 is 11.6 Å². The van der Waals surface area contributed by atoms with Crippen molar-refractivity contribution in [2.45, 2.75) is 32.6 Å². The number of anilines is 1. The zero-order valence-corrected chi connectivity index (χ0v) is 15.2. The van der Waals surface area contributed by atoms with Crippen molar-refractivity contribution in [3.63, 3.8) is 0 Å². The molecule has 1 atom stereocenters. The highest BCUT2D eigenvalue weighted by Gasteiger charge is 2.23. The fraction of sp³-hybridized carbons (Fsp3) is 0.238. The van der Waals surface area contributed by atoms with E-state index in [-0.39, 0.29) is 11.8 Å². The number of aromatic nitrogens is 2. The molecular weight excluding hydrogens is 348 g/mol. The molecule has 0 spiro atoms. The van der Waals surface area contributed by atoms with E-state index in [1.165, 1.54) is 6.07 Å². The molecule has 1 amide bonds. The van der Waals surface area contributed by atoms with Gasteiger partial charge < -0.3 is 5.32 Å². The molecule has 1 heterocycles. The van der Waals surface area contributed by atoms with Gasteiger partial charge in [0.1, 0.15) is 5.69 Å². The van der Waals surface area contributed by atoms with Gasteiger partial charge in [-0.15, -0.1) is 0 Å². The SMILES string of the molecule is CCc1[nH]nc(-c2ccc(F)c(F)c2)c1NC(=O)C(CC)c1ccccc1. The Balaban J connectivity index is 1.95. The quantitative estimate of drug-likeness (QED) is 0.639. The number of nitrogens with zero attached hydrogens (tertiary/aromatic N) is 1. The number of carbonyl (C=O) groups is 1. The van der Waals surface area contributed by atoms with Crippen LogP contribution in [0.15, 0.2) is 48.5 Å². The van der Waals surface area contributed by atoms with E-state index in [0.717, 1.165) is 23.4 Å². The highest BCUT2D eigenvalue weighted by atomic mass is 19.2. The predicted octanol–water partition coefficient (Wildman–Crippen LogP) is 5.05. The van der Waals surface area contributed by atoms with Crippen LogP contribution in [0.3, 0.4) is 0 Å².